The summed E-state index contributed by atoms with van der Waals surface area (Å²) >= 11 is 0. The number of rotatable bonds is 12. The molecule has 1 aliphatic heterocycles. The Balaban J connectivity index is 1.36. The number of nitrogens with one attached hydrogen (secondary N) is 2. The van der Waals surface area contributed by atoms with E-state index < -0.39 is 0 Å². The first-order valence-electron chi connectivity index (χ1n) is 10.1. The van der Waals surface area contributed by atoms with Gasteiger partial charge in [0.1, 0.15) is 0 Å². The summed E-state index contributed by atoms with van der Waals surface area (Å²) in [5, 5.41) is 6.78. The second-order valence-corrected chi connectivity index (χ2v) is 7.26. The van der Waals surface area contributed by atoms with Gasteiger partial charge in [-0.1, -0.05) is 12.8 Å². The molecule has 5 heteroatoms. The molecule has 0 bridgehead atoms. The van der Waals surface area contributed by atoms with Crippen LogP contribution in [0.15, 0.2) is 4.99 Å². The van der Waals surface area contributed by atoms with Gasteiger partial charge >= 0.3 is 0 Å². The molecular formula is C19H38N4O. The van der Waals surface area contributed by atoms with Gasteiger partial charge in [0, 0.05) is 33.4 Å². The summed E-state index contributed by atoms with van der Waals surface area (Å²) in [5.74, 6) is 1.79. The quantitative estimate of drug-likeness (QED) is 0.326. The number of hydrogen-bond donors (Lipinski definition) is 2. The van der Waals surface area contributed by atoms with Gasteiger partial charge in [0.2, 0.25) is 0 Å². The maximum atomic E-state index is 5.64. The van der Waals surface area contributed by atoms with E-state index in [-0.39, 0.29) is 0 Å². The first kappa shape index (κ1) is 19.5. The van der Waals surface area contributed by atoms with Crippen molar-refractivity contribution >= 4 is 5.96 Å². The molecule has 1 saturated carbocycles. The predicted octanol–water partition coefficient (Wildman–Crippen LogP) is 2.62. The summed E-state index contributed by atoms with van der Waals surface area (Å²) in [4.78, 5) is 6.91. The Hall–Kier alpha value is -0.810. The van der Waals surface area contributed by atoms with E-state index in [0.29, 0.717) is 0 Å². The number of unbranched alkanes of at least 4 members (excludes halogenated alkanes) is 2. The average Bonchev–Trinajstić information content (AvgIpc) is 3.44. The number of hydrogen-bond acceptors (Lipinski definition) is 3. The Morgan fingerprint density at radius 2 is 1.75 bits per heavy atom. The maximum absolute atomic E-state index is 5.64. The fourth-order valence-corrected chi connectivity index (χ4v) is 3.16. The van der Waals surface area contributed by atoms with Crippen LogP contribution in [0.25, 0.3) is 0 Å². The van der Waals surface area contributed by atoms with Crippen molar-refractivity contribution in [1.29, 1.82) is 0 Å². The van der Waals surface area contributed by atoms with Gasteiger partial charge < -0.3 is 20.3 Å². The summed E-state index contributed by atoms with van der Waals surface area (Å²) in [5.41, 5.74) is 0. The Morgan fingerprint density at radius 3 is 2.46 bits per heavy atom. The van der Waals surface area contributed by atoms with Crippen molar-refractivity contribution in [3.8, 4) is 0 Å². The molecule has 140 valence electrons. The number of ether oxygens (including phenoxy) is 1. The smallest absolute Gasteiger partial charge is 0.190 e. The van der Waals surface area contributed by atoms with Crippen LogP contribution in [0, 0.1) is 5.92 Å². The van der Waals surface area contributed by atoms with Crippen LogP contribution in [0.4, 0.5) is 0 Å². The molecule has 2 N–H and O–H groups in total. The van der Waals surface area contributed by atoms with E-state index in [0.717, 1.165) is 44.6 Å². The van der Waals surface area contributed by atoms with Crippen LogP contribution >= 0.6 is 0 Å². The van der Waals surface area contributed by atoms with E-state index in [1.54, 1.807) is 0 Å². The molecule has 0 aromatic heterocycles. The molecule has 0 atom stereocenters. The SMILES string of the molecule is CN=C(NCCCCCN1CCCCC1)NCCCOCC1CC1. The zero-order chi connectivity index (χ0) is 16.9. The van der Waals surface area contributed by atoms with Crippen LogP contribution in [0.2, 0.25) is 0 Å². The molecule has 2 aliphatic rings. The fourth-order valence-electron chi connectivity index (χ4n) is 3.16. The highest BCUT2D eigenvalue weighted by atomic mass is 16.5. The lowest BCUT2D eigenvalue weighted by molar-refractivity contribution is 0.123. The number of aliphatic imine (C=N–C) groups is 1. The number of nitrogens with zero attached hydrogens (tertiary/aromatic N) is 2. The Kier molecular flexibility index (Phi) is 10.2. The Morgan fingerprint density at radius 1 is 1.00 bits per heavy atom. The number of likely N-dealkylation sites (tertiary alicyclic amines) is 1. The highest BCUT2D eigenvalue weighted by molar-refractivity contribution is 5.79. The van der Waals surface area contributed by atoms with Gasteiger partial charge in [0.25, 0.3) is 0 Å². The molecule has 2 fully saturated rings. The van der Waals surface area contributed by atoms with E-state index in [2.05, 4.69) is 20.5 Å². The minimum absolute atomic E-state index is 0.858. The minimum atomic E-state index is 0.858. The highest BCUT2D eigenvalue weighted by Gasteiger charge is 2.20. The van der Waals surface area contributed by atoms with Gasteiger partial charge in [-0.2, -0.15) is 0 Å². The van der Waals surface area contributed by atoms with Crippen LogP contribution < -0.4 is 10.6 Å². The third-order valence-corrected chi connectivity index (χ3v) is 4.92. The summed E-state index contributed by atoms with van der Waals surface area (Å²) in [7, 11) is 1.84. The van der Waals surface area contributed by atoms with Crippen molar-refractivity contribution in [2.45, 2.75) is 57.8 Å². The zero-order valence-corrected chi connectivity index (χ0v) is 15.7. The largest absolute Gasteiger partial charge is 0.381 e. The number of guanidine groups is 1. The zero-order valence-electron chi connectivity index (χ0n) is 15.7. The first-order valence-corrected chi connectivity index (χ1v) is 10.1. The molecule has 1 heterocycles. The van der Waals surface area contributed by atoms with Crippen LogP contribution in [0.3, 0.4) is 0 Å². The molecule has 0 spiro atoms. The van der Waals surface area contributed by atoms with E-state index in [9.17, 15) is 0 Å². The van der Waals surface area contributed by atoms with Gasteiger partial charge in [0.15, 0.2) is 5.96 Å². The van der Waals surface area contributed by atoms with E-state index in [4.69, 9.17) is 4.74 Å². The van der Waals surface area contributed by atoms with Crippen molar-refractivity contribution in [3.05, 3.63) is 0 Å². The molecule has 0 amide bonds. The molecule has 0 aromatic carbocycles. The van der Waals surface area contributed by atoms with Crippen LogP contribution in [0.1, 0.15) is 57.8 Å². The maximum Gasteiger partial charge on any atom is 0.190 e. The van der Waals surface area contributed by atoms with Gasteiger partial charge in [-0.15, -0.1) is 0 Å². The van der Waals surface area contributed by atoms with Gasteiger partial charge in [0.05, 0.1) is 0 Å². The Labute approximate surface area is 148 Å². The average molecular weight is 339 g/mol. The van der Waals surface area contributed by atoms with Crippen molar-refractivity contribution in [3.63, 3.8) is 0 Å². The lowest BCUT2D eigenvalue weighted by Gasteiger charge is -2.26. The van der Waals surface area contributed by atoms with E-state index in [1.807, 2.05) is 7.05 Å². The summed E-state index contributed by atoms with van der Waals surface area (Å²) in [6, 6.07) is 0. The molecule has 0 aromatic rings. The van der Waals surface area contributed by atoms with Gasteiger partial charge in [-0.3, -0.25) is 4.99 Å². The summed E-state index contributed by atoms with van der Waals surface area (Å²) in [6.45, 7) is 7.69. The molecular weight excluding hydrogens is 300 g/mol. The molecule has 1 aliphatic carbocycles. The normalized spacial score (nSPS) is 19.5. The van der Waals surface area contributed by atoms with Crippen LogP contribution in [-0.2, 0) is 4.74 Å². The predicted molar refractivity (Wildman–Crippen MR) is 102 cm³/mol. The monoisotopic (exact) mass is 338 g/mol. The Bertz CT molecular complexity index is 338. The summed E-state index contributed by atoms with van der Waals surface area (Å²) < 4.78 is 5.64. The molecule has 1 saturated heterocycles. The van der Waals surface area contributed by atoms with E-state index in [1.165, 1.54) is 71.0 Å². The van der Waals surface area contributed by atoms with Gasteiger partial charge in [-0.25, -0.2) is 0 Å². The first-order chi connectivity index (χ1) is 11.9. The lowest BCUT2D eigenvalue weighted by Crippen LogP contribution is -2.38. The minimum Gasteiger partial charge on any atom is -0.381 e. The fraction of sp³-hybridized carbons (Fsp3) is 0.947. The second-order valence-electron chi connectivity index (χ2n) is 7.26. The van der Waals surface area contributed by atoms with Crippen molar-refractivity contribution < 1.29 is 4.74 Å². The number of piperidine rings is 1. The molecule has 0 radical (unpaired) electrons. The standard InChI is InChI=1S/C19H38N4O/c1-20-19(22-12-8-16-24-17-18-9-10-18)21-11-4-2-5-13-23-14-6-3-7-15-23/h18H,2-17H2,1H3,(H2,20,21,22). The topological polar surface area (TPSA) is 48.9 Å². The lowest BCUT2D eigenvalue weighted by atomic mass is 10.1. The van der Waals surface area contributed by atoms with Crippen molar-refractivity contribution in [1.82, 2.24) is 15.5 Å². The summed E-state index contributed by atoms with van der Waals surface area (Å²) in [6.07, 6.45) is 11.9. The molecule has 5 nitrogen and oxygen atoms in total. The molecule has 0 unspecified atom stereocenters. The van der Waals surface area contributed by atoms with Crippen molar-refractivity contribution in [2.75, 3.05) is 53.0 Å². The third kappa shape index (κ3) is 9.48. The van der Waals surface area contributed by atoms with E-state index >= 15 is 0 Å². The van der Waals surface area contributed by atoms with Crippen LogP contribution in [-0.4, -0.2) is 63.8 Å². The second kappa shape index (κ2) is 12.5. The molecule has 24 heavy (non-hydrogen) atoms. The molecule has 2 rings (SSSR count). The third-order valence-electron chi connectivity index (χ3n) is 4.92. The van der Waals surface area contributed by atoms with Crippen molar-refractivity contribution in [2.24, 2.45) is 10.9 Å². The highest BCUT2D eigenvalue weighted by Crippen LogP contribution is 2.28. The van der Waals surface area contributed by atoms with Gasteiger partial charge in [-0.05, 0) is 70.5 Å². The van der Waals surface area contributed by atoms with Crippen LogP contribution in [0.5, 0.6) is 0 Å².